The monoisotopic (exact) mass is 339 g/mol. The molecular formula is C13H10BrNO3S. The van der Waals surface area contributed by atoms with Crippen molar-refractivity contribution >= 4 is 39.3 Å². The summed E-state index contributed by atoms with van der Waals surface area (Å²) in [6.07, 6.45) is 4.30. The summed E-state index contributed by atoms with van der Waals surface area (Å²) in [7, 11) is 0. The number of aromatic nitrogens is 1. The number of para-hydroxylation sites is 1. The van der Waals surface area contributed by atoms with Crippen LogP contribution in [0.2, 0.25) is 0 Å². The van der Waals surface area contributed by atoms with E-state index in [4.69, 9.17) is 9.84 Å². The van der Waals surface area contributed by atoms with Crippen molar-refractivity contribution in [1.82, 2.24) is 4.98 Å². The van der Waals surface area contributed by atoms with Crippen LogP contribution in [0.4, 0.5) is 0 Å². The van der Waals surface area contributed by atoms with Crippen LogP contribution in [0.25, 0.3) is 6.08 Å². The standard InChI is InChI=1S/C13H10BrNO3S/c14-10-3-1-2-9(4-5-12(16)17)13(10)18-8-11-15-6-7-19-11/h1-7H,8H2,(H,16,17). The molecule has 1 N–H and O–H groups in total. The van der Waals surface area contributed by atoms with Gasteiger partial charge in [0.05, 0.1) is 4.47 Å². The Morgan fingerprint density at radius 2 is 2.37 bits per heavy atom. The number of halogens is 1. The molecule has 2 aromatic rings. The third kappa shape index (κ3) is 3.90. The molecule has 0 aliphatic rings. The fourth-order valence-electron chi connectivity index (χ4n) is 1.43. The molecule has 2 rings (SSSR count). The van der Waals surface area contributed by atoms with Gasteiger partial charge in [-0.3, -0.25) is 0 Å². The minimum absolute atomic E-state index is 0.355. The Labute approximate surface area is 122 Å². The third-order valence-corrected chi connectivity index (χ3v) is 3.60. The molecule has 98 valence electrons. The Morgan fingerprint density at radius 3 is 3.05 bits per heavy atom. The molecule has 0 radical (unpaired) electrons. The number of ether oxygens (including phenoxy) is 1. The molecule has 1 aromatic carbocycles. The second kappa shape index (κ2) is 6.49. The minimum Gasteiger partial charge on any atom is -0.485 e. The van der Waals surface area contributed by atoms with E-state index in [-0.39, 0.29) is 0 Å². The van der Waals surface area contributed by atoms with Gasteiger partial charge < -0.3 is 9.84 Å². The lowest BCUT2D eigenvalue weighted by atomic mass is 10.2. The Morgan fingerprint density at radius 1 is 1.53 bits per heavy atom. The van der Waals surface area contributed by atoms with E-state index < -0.39 is 5.97 Å². The van der Waals surface area contributed by atoms with E-state index in [1.165, 1.54) is 17.4 Å². The molecule has 0 bridgehead atoms. The summed E-state index contributed by atoms with van der Waals surface area (Å²) in [6, 6.07) is 5.46. The second-order valence-corrected chi connectivity index (χ2v) is 5.38. The number of rotatable bonds is 5. The average Bonchev–Trinajstić information content (AvgIpc) is 2.88. The van der Waals surface area contributed by atoms with Gasteiger partial charge in [-0.05, 0) is 28.1 Å². The van der Waals surface area contributed by atoms with Crippen LogP contribution in [0.3, 0.4) is 0 Å². The number of benzene rings is 1. The highest BCUT2D eigenvalue weighted by atomic mass is 79.9. The molecule has 0 spiro atoms. The lowest BCUT2D eigenvalue weighted by Crippen LogP contribution is -1.97. The zero-order valence-corrected chi connectivity index (χ0v) is 12.1. The first-order valence-corrected chi connectivity index (χ1v) is 7.05. The summed E-state index contributed by atoms with van der Waals surface area (Å²) in [5, 5.41) is 11.4. The van der Waals surface area contributed by atoms with Crippen LogP contribution in [-0.2, 0) is 11.4 Å². The van der Waals surface area contributed by atoms with Gasteiger partial charge in [-0.15, -0.1) is 11.3 Å². The largest absolute Gasteiger partial charge is 0.485 e. The summed E-state index contributed by atoms with van der Waals surface area (Å²) in [6.45, 7) is 0.355. The van der Waals surface area contributed by atoms with E-state index in [9.17, 15) is 4.79 Å². The van der Waals surface area contributed by atoms with Crippen molar-refractivity contribution in [2.24, 2.45) is 0 Å². The first kappa shape index (κ1) is 13.8. The number of aliphatic carboxylic acids is 1. The Balaban J connectivity index is 2.20. The smallest absolute Gasteiger partial charge is 0.328 e. The van der Waals surface area contributed by atoms with Gasteiger partial charge >= 0.3 is 5.97 Å². The van der Waals surface area contributed by atoms with Crippen molar-refractivity contribution < 1.29 is 14.6 Å². The SMILES string of the molecule is O=C(O)C=Cc1cccc(Br)c1OCc1nccs1. The Hall–Kier alpha value is -1.66. The highest BCUT2D eigenvalue weighted by Gasteiger charge is 2.07. The predicted octanol–water partition coefficient (Wildman–Crippen LogP) is 3.58. The van der Waals surface area contributed by atoms with E-state index in [0.29, 0.717) is 17.9 Å². The van der Waals surface area contributed by atoms with Crippen LogP contribution < -0.4 is 4.74 Å². The van der Waals surface area contributed by atoms with E-state index in [1.807, 2.05) is 17.5 Å². The normalized spacial score (nSPS) is 10.8. The molecule has 0 amide bonds. The number of carbonyl (C=O) groups is 1. The Bertz CT molecular complexity index is 596. The quantitative estimate of drug-likeness (QED) is 0.845. The van der Waals surface area contributed by atoms with Crippen molar-refractivity contribution in [2.75, 3.05) is 0 Å². The molecule has 4 nitrogen and oxygen atoms in total. The van der Waals surface area contributed by atoms with Gasteiger partial charge in [-0.1, -0.05) is 12.1 Å². The summed E-state index contributed by atoms with van der Waals surface area (Å²) in [5.41, 5.74) is 0.702. The predicted molar refractivity (Wildman–Crippen MR) is 77.3 cm³/mol. The number of carboxylic acids is 1. The van der Waals surface area contributed by atoms with Crippen LogP contribution in [0.15, 0.2) is 40.3 Å². The lowest BCUT2D eigenvalue weighted by Gasteiger charge is -2.09. The van der Waals surface area contributed by atoms with E-state index in [2.05, 4.69) is 20.9 Å². The molecular weight excluding hydrogens is 330 g/mol. The number of hydrogen-bond donors (Lipinski definition) is 1. The fourth-order valence-corrected chi connectivity index (χ4v) is 2.45. The molecule has 0 saturated carbocycles. The maximum atomic E-state index is 10.6. The maximum Gasteiger partial charge on any atom is 0.328 e. The van der Waals surface area contributed by atoms with E-state index in [0.717, 1.165) is 15.6 Å². The van der Waals surface area contributed by atoms with Crippen LogP contribution in [0, 0.1) is 0 Å². The third-order valence-electron chi connectivity index (χ3n) is 2.23. The molecule has 0 unspecified atom stereocenters. The van der Waals surface area contributed by atoms with Gasteiger partial charge in [0.2, 0.25) is 0 Å². The number of nitrogens with zero attached hydrogens (tertiary/aromatic N) is 1. The van der Waals surface area contributed by atoms with Crippen molar-refractivity contribution in [2.45, 2.75) is 6.61 Å². The highest BCUT2D eigenvalue weighted by molar-refractivity contribution is 9.10. The first-order valence-electron chi connectivity index (χ1n) is 5.37. The van der Waals surface area contributed by atoms with Crippen molar-refractivity contribution in [1.29, 1.82) is 0 Å². The maximum absolute atomic E-state index is 10.6. The minimum atomic E-state index is -0.995. The van der Waals surface area contributed by atoms with Crippen LogP contribution in [0.1, 0.15) is 10.6 Å². The van der Waals surface area contributed by atoms with Crippen molar-refractivity contribution in [3.63, 3.8) is 0 Å². The van der Waals surface area contributed by atoms with Crippen LogP contribution in [-0.4, -0.2) is 16.1 Å². The molecule has 1 aromatic heterocycles. The van der Waals surface area contributed by atoms with E-state index >= 15 is 0 Å². The first-order chi connectivity index (χ1) is 9.16. The topological polar surface area (TPSA) is 59.4 Å². The Kier molecular flexibility index (Phi) is 4.70. The van der Waals surface area contributed by atoms with Crippen molar-refractivity contribution in [3.05, 3.63) is 50.9 Å². The lowest BCUT2D eigenvalue weighted by molar-refractivity contribution is -0.131. The van der Waals surface area contributed by atoms with Gasteiger partial charge in [0.15, 0.2) is 0 Å². The molecule has 0 atom stereocenters. The van der Waals surface area contributed by atoms with Crippen LogP contribution in [0.5, 0.6) is 5.75 Å². The molecule has 0 aliphatic heterocycles. The van der Waals surface area contributed by atoms with Gasteiger partial charge in [0.1, 0.15) is 17.4 Å². The molecule has 0 fully saturated rings. The van der Waals surface area contributed by atoms with Crippen LogP contribution >= 0.6 is 27.3 Å². The molecule has 6 heteroatoms. The highest BCUT2D eigenvalue weighted by Crippen LogP contribution is 2.30. The van der Waals surface area contributed by atoms with E-state index in [1.54, 1.807) is 12.3 Å². The molecule has 0 aliphatic carbocycles. The summed E-state index contributed by atoms with van der Waals surface area (Å²) in [4.78, 5) is 14.7. The number of carboxylic acid groups (broad SMARTS) is 1. The number of hydrogen-bond acceptors (Lipinski definition) is 4. The zero-order valence-electron chi connectivity index (χ0n) is 9.75. The molecule has 0 saturated heterocycles. The second-order valence-electron chi connectivity index (χ2n) is 3.54. The van der Waals surface area contributed by atoms with Gasteiger partial charge in [-0.2, -0.15) is 0 Å². The summed E-state index contributed by atoms with van der Waals surface area (Å²) >= 11 is 4.90. The molecule has 19 heavy (non-hydrogen) atoms. The average molecular weight is 340 g/mol. The number of thiazole rings is 1. The van der Waals surface area contributed by atoms with Crippen molar-refractivity contribution in [3.8, 4) is 5.75 Å². The van der Waals surface area contributed by atoms with Gasteiger partial charge in [0.25, 0.3) is 0 Å². The summed E-state index contributed by atoms with van der Waals surface area (Å²) < 4.78 is 6.48. The van der Waals surface area contributed by atoms with Gasteiger partial charge in [-0.25, -0.2) is 9.78 Å². The van der Waals surface area contributed by atoms with Gasteiger partial charge in [0, 0.05) is 23.2 Å². The summed E-state index contributed by atoms with van der Waals surface area (Å²) in [5.74, 6) is -0.388. The fraction of sp³-hybridized carbons (Fsp3) is 0.0769. The zero-order chi connectivity index (χ0) is 13.7. The molecule has 1 heterocycles.